The molecule has 1 saturated heterocycles. The molecule has 14 heavy (non-hydrogen) atoms. The average Bonchev–Trinajstić information content (AvgIpc) is 2.63. The molecule has 4 heteroatoms. The van der Waals surface area contributed by atoms with E-state index in [-0.39, 0.29) is 6.03 Å². The second kappa shape index (κ2) is 4.09. The van der Waals surface area contributed by atoms with Crippen molar-refractivity contribution in [2.75, 3.05) is 19.6 Å². The molecule has 1 aliphatic rings. The van der Waals surface area contributed by atoms with Crippen molar-refractivity contribution in [2.45, 2.75) is 6.42 Å². The fraction of sp³-hybridized carbons (Fsp3) is 0.400. The van der Waals surface area contributed by atoms with Crippen LogP contribution in [0.5, 0.6) is 0 Å². The lowest BCUT2D eigenvalue weighted by Gasteiger charge is -2.12. The van der Waals surface area contributed by atoms with Crippen LogP contribution in [0.4, 0.5) is 4.79 Å². The van der Waals surface area contributed by atoms with Gasteiger partial charge in [0.2, 0.25) is 0 Å². The third-order valence-electron chi connectivity index (χ3n) is 2.31. The van der Waals surface area contributed by atoms with Gasteiger partial charge < -0.3 is 10.2 Å². The van der Waals surface area contributed by atoms with E-state index in [1.165, 1.54) is 0 Å². The monoisotopic (exact) mass is 191 g/mol. The highest BCUT2D eigenvalue weighted by Crippen LogP contribution is 2.00. The molecule has 0 aromatic carbocycles. The minimum absolute atomic E-state index is 0.0425. The number of hydrogen-bond acceptors (Lipinski definition) is 2. The first kappa shape index (κ1) is 8.99. The van der Waals surface area contributed by atoms with Crippen LogP contribution >= 0.6 is 0 Å². The van der Waals surface area contributed by atoms with Crippen LogP contribution in [-0.2, 0) is 6.42 Å². The van der Waals surface area contributed by atoms with Crippen molar-refractivity contribution < 1.29 is 4.79 Å². The standard InChI is InChI=1S/C10H13N3O/c14-10-12-6-8-13(10)7-4-9-3-1-2-5-11-9/h1-3,5H,4,6-8H2,(H,12,14). The second-order valence-electron chi connectivity index (χ2n) is 3.29. The Bertz CT molecular complexity index is 312. The zero-order chi connectivity index (χ0) is 9.80. The minimum Gasteiger partial charge on any atom is -0.336 e. The zero-order valence-electron chi connectivity index (χ0n) is 7.94. The predicted octanol–water partition coefficient (Wildman–Crippen LogP) is 0.649. The molecule has 4 nitrogen and oxygen atoms in total. The molecule has 74 valence electrons. The summed E-state index contributed by atoms with van der Waals surface area (Å²) in [5.41, 5.74) is 1.03. The van der Waals surface area contributed by atoms with Crippen LogP contribution in [0.1, 0.15) is 5.69 Å². The number of rotatable bonds is 3. The second-order valence-corrected chi connectivity index (χ2v) is 3.29. The van der Waals surface area contributed by atoms with E-state index in [9.17, 15) is 4.79 Å². The maximum Gasteiger partial charge on any atom is 0.317 e. The highest BCUT2D eigenvalue weighted by molar-refractivity contribution is 5.76. The SMILES string of the molecule is O=C1NCCN1CCc1ccccn1. The lowest BCUT2D eigenvalue weighted by Crippen LogP contribution is -2.30. The Kier molecular flexibility index (Phi) is 2.62. The number of nitrogens with one attached hydrogen (secondary N) is 1. The molecule has 0 bridgehead atoms. The first-order valence-corrected chi connectivity index (χ1v) is 4.79. The minimum atomic E-state index is 0.0425. The van der Waals surface area contributed by atoms with Gasteiger partial charge in [-0.1, -0.05) is 6.07 Å². The van der Waals surface area contributed by atoms with Crippen molar-refractivity contribution in [1.29, 1.82) is 0 Å². The van der Waals surface area contributed by atoms with Gasteiger partial charge in [-0.15, -0.1) is 0 Å². The van der Waals surface area contributed by atoms with Gasteiger partial charge >= 0.3 is 6.03 Å². The molecular formula is C10H13N3O. The Balaban J connectivity index is 1.85. The van der Waals surface area contributed by atoms with Crippen molar-refractivity contribution in [1.82, 2.24) is 15.2 Å². The summed E-state index contributed by atoms with van der Waals surface area (Å²) in [5, 5.41) is 2.77. The summed E-state index contributed by atoms with van der Waals surface area (Å²) in [7, 11) is 0. The first-order chi connectivity index (χ1) is 6.86. The highest BCUT2D eigenvalue weighted by Gasteiger charge is 2.18. The molecule has 0 spiro atoms. The predicted molar refractivity (Wildman–Crippen MR) is 52.9 cm³/mol. The van der Waals surface area contributed by atoms with E-state index < -0.39 is 0 Å². The summed E-state index contributed by atoms with van der Waals surface area (Å²) in [5.74, 6) is 0. The van der Waals surface area contributed by atoms with Gasteiger partial charge in [-0.05, 0) is 12.1 Å². The zero-order valence-corrected chi connectivity index (χ0v) is 7.94. The van der Waals surface area contributed by atoms with Gasteiger partial charge in [-0.25, -0.2) is 4.79 Å². The van der Waals surface area contributed by atoms with E-state index in [4.69, 9.17) is 0 Å². The molecular weight excluding hydrogens is 178 g/mol. The van der Waals surface area contributed by atoms with Crippen LogP contribution in [0.25, 0.3) is 0 Å². The number of nitrogens with zero attached hydrogens (tertiary/aromatic N) is 2. The molecule has 2 heterocycles. The lowest BCUT2D eigenvalue weighted by atomic mass is 10.2. The lowest BCUT2D eigenvalue weighted by molar-refractivity contribution is 0.218. The fourth-order valence-electron chi connectivity index (χ4n) is 1.52. The molecule has 2 amide bonds. The normalized spacial score (nSPS) is 15.7. The van der Waals surface area contributed by atoms with E-state index >= 15 is 0 Å². The molecule has 0 unspecified atom stereocenters. The maximum atomic E-state index is 11.2. The van der Waals surface area contributed by atoms with Gasteiger partial charge in [0, 0.05) is 37.9 Å². The van der Waals surface area contributed by atoms with Crippen LogP contribution in [-0.4, -0.2) is 35.5 Å². The molecule has 1 aromatic rings. The van der Waals surface area contributed by atoms with E-state index in [1.807, 2.05) is 23.1 Å². The number of amides is 2. The summed E-state index contributed by atoms with van der Waals surface area (Å²) in [4.78, 5) is 17.2. The largest absolute Gasteiger partial charge is 0.336 e. The Morgan fingerprint density at radius 1 is 1.50 bits per heavy atom. The number of pyridine rings is 1. The van der Waals surface area contributed by atoms with Gasteiger partial charge in [0.1, 0.15) is 0 Å². The first-order valence-electron chi connectivity index (χ1n) is 4.79. The van der Waals surface area contributed by atoms with Crippen LogP contribution < -0.4 is 5.32 Å². The van der Waals surface area contributed by atoms with Gasteiger partial charge in [0.05, 0.1) is 0 Å². The third kappa shape index (κ3) is 2.02. The van der Waals surface area contributed by atoms with Crippen LogP contribution in [0.3, 0.4) is 0 Å². The van der Waals surface area contributed by atoms with Crippen molar-refractivity contribution in [3.8, 4) is 0 Å². The van der Waals surface area contributed by atoms with Crippen molar-refractivity contribution >= 4 is 6.03 Å². The summed E-state index contributed by atoms with van der Waals surface area (Å²) < 4.78 is 0. The number of carbonyl (C=O) groups excluding carboxylic acids is 1. The summed E-state index contributed by atoms with van der Waals surface area (Å²) >= 11 is 0. The Labute approximate surface area is 82.9 Å². The van der Waals surface area contributed by atoms with E-state index in [2.05, 4.69) is 10.3 Å². The van der Waals surface area contributed by atoms with Crippen molar-refractivity contribution in [2.24, 2.45) is 0 Å². The summed E-state index contributed by atoms with van der Waals surface area (Å²) in [6.45, 7) is 2.33. The van der Waals surface area contributed by atoms with Gasteiger partial charge in [-0.2, -0.15) is 0 Å². The number of carbonyl (C=O) groups is 1. The average molecular weight is 191 g/mol. The van der Waals surface area contributed by atoms with Gasteiger partial charge in [-0.3, -0.25) is 4.98 Å². The van der Waals surface area contributed by atoms with Crippen LogP contribution in [0.15, 0.2) is 24.4 Å². The van der Waals surface area contributed by atoms with E-state index in [0.717, 1.165) is 31.7 Å². The van der Waals surface area contributed by atoms with Gasteiger partial charge in [0.25, 0.3) is 0 Å². The molecule has 0 saturated carbocycles. The Morgan fingerprint density at radius 2 is 2.43 bits per heavy atom. The number of urea groups is 1. The molecule has 0 radical (unpaired) electrons. The molecule has 2 rings (SSSR count). The molecule has 1 N–H and O–H groups in total. The van der Waals surface area contributed by atoms with Gasteiger partial charge in [0.15, 0.2) is 0 Å². The van der Waals surface area contributed by atoms with Crippen LogP contribution in [0, 0.1) is 0 Å². The Hall–Kier alpha value is -1.58. The molecule has 1 fully saturated rings. The fourth-order valence-corrected chi connectivity index (χ4v) is 1.52. The smallest absolute Gasteiger partial charge is 0.317 e. The molecule has 0 atom stereocenters. The third-order valence-corrected chi connectivity index (χ3v) is 2.31. The van der Waals surface area contributed by atoms with Crippen molar-refractivity contribution in [3.05, 3.63) is 30.1 Å². The molecule has 1 aromatic heterocycles. The molecule has 0 aliphatic carbocycles. The topological polar surface area (TPSA) is 45.2 Å². The summed E-state index contributed by atoms with van der Waals surface area (Å²) in [6, 6.07) is 5.88. The summed E-state index contributed by atoms with van der Waals surface area (Å²) in [6.07, 6.45) is 2.60. The van der Waals surface area contributed by atoms with Crippen LogP contribution in [0.2, 0.25) is 0 Å². The Morgan fingerprint density at radius 3 is 3.07 bits per heavy atom. The number of hydrogen-bond donors (Lipinski definition) is 1. The highest BCUT2D eigenvalue weighted by atomic mass is 16.2. The maximum absolute atomic E-state index is 11.2. The van der Waals surface area contributed by atoms with E-state index in [0.29, 0.717) is 0 Å². The molecule has 1 aliphatic heterocycles. The number of aromatic nitrogens is 1. The quantitative estimate of drug-likeness (QED) is 0.762. The van der Waals surface area contributed by atoms with Crippen molar-refractivity contribution in [3.63, 3.8) is 0 Å². The van der Waals surface area contributed by atoms with E-state index in [1.54, 1.807) is 6.20 Å².